The third-order valence-electron chi connectivity index (χ3n) is 8.07. The van der Waals surface area contributed by atoms with Crippen LogP contribution in [0.3, 0.4) is 0 Å². The molecule has 0 saturated heterocycles. The highest BCUT2D eigenvalue weighted by molar-refractivity contribution is 7.09. The van der Waals surface area contributed by atoms with Gasteiger partial charge in [0.25, 0.3) is 5.56 Å². The molecule has 5 rings (SSSR count). The molecule has 3 aromatic heterocycles. The number of rotatable bonds is 12. The lowest BCUT2D eigenvalue weighted by molar-refractivity contribution is -0.137. The first-order chi connectivity index (χ1) is 20.4. The lowest BCUT2D eigenvalue weighted by Crippen LogP contribution is -2.42. The Hall–Kier alpha value is -3.72. The molecule has 1 aliphatic carbocycles. The lowest BCUT2D eigenvalue weighted by atomic mass is 9.89. The average Bonchev–Trinajstić information content (AvgIpc) is 3.68. The summed E-state index contributed by atoms with van der Waals surface area (Å²) in [6.45, 7) is 5.60. The summed E-state index contributed by atoms with van der Waals surface area (Å²) in [6.07, 6.45) is 11.5. The third kappa shape index (κ3) is 7.18. The molecule has 4 aromatic rings. The maximum Gasteiger partial charge on any atom is 0.332 e. The van der Waals surface area contributed by atoms with Gasteiger partial charge in [-0.15, -0.1) is 11.3 Å². The zero-order chi connectivity index (χ0) is 29.5. The molecule has 1 fully saturated rings. The summed E-state index contributed by atoms with van der Waals surface area (Å²) in [5, 5.41) is 2.01. The number of esters is 1. The van der Waals surface area contributed by atoms with E-state index in [1.54, 1.807) is 22.0 Å². The molecule has 8 nitrogen and oxygen atoms in total. The highest BCUT2D eigenvalue weighted by Crippen LogP contribution is 2.25. The van der Waals surface area contributed by atoms with Crippen molar-refractivity contribution >= 4 is 34.5 Å². The predicted molar refractivity (Wildman–Crippen MR) is 169 cm³/mol. The van der Waals surface area contributed by atoms with Crippen LogP contribution in [-0.2, 0) is 29.0 Å². The van der Waals surface area contributed by atoms with Crippen molar-refractivity contribution in [2.24, 2.45) is 11.8 Å². The first-order valence-corrected chi connectivity index (χ1v) is 16.0. The molecule has 42 heavy (non-hydrogen) atoms. The second-order valence-corrected chi connectivity index (χ2v) is 12.5. The van der Waals surface area contributed by atoms with Crippen LogP contribution in [0, 0.1) is 11.8 Å². The first kappa shape index (κ1) is 29.8. The van der Waals surface area contributed by atoms with Gasteiger partial charge in [-0.25, -0.2) is 14.6 Å². The summed E-state index contributed by atoms with van der Waals surface area (Å²) in [6, 6.07) is 11.6. The zero-order valence-corrected chi connectivity index (χ0v) is 25.3. The number of H-pyrrole nitrogens is 1. The van der Waals surface area contributed by atoms with E-state index in [9.17, 15) is 14.4 Å². The number of fused-ring (bicyclic) bond motifs is 1. The number of nitrogens with zero attached hydrogens (tertiary/aromatic N) is 3. The number of hydrogen-bond acceptors (Lipinski definition) is 6. The van der Waals surface area contributed by atoms with Gasteiger partial charge in [-0.3, -0.25) is 13.9 Å². The van der Waals surface area contributed by atoms with Crippen molar-refractivity contribution in [3.8, 4) is 11.4 Å². The van der Waals surface area contributed by atoms with Gasteiger partial charge in [0.2, 0.25) is 0 Å². The molecule has 0 bridgehead atoms. The molecule has 1 saturated carbocycles. The van der Waals surface area contributed by atoms with Crippen LogP contribution in [-0.4, -0.2) is 31.7 Å². The highest BCUT2D eigenvalue weighted by atomic mass is 32.1. The lowest BCUT2D eigenvalue weighted by Gasteiger charge is -2.22. The van der Waals surface area contributed by atoms with Gasteiger partial charge in [0.05, 0.1) is 6.61 Å². The Morgan fingerprint density at radius 1 is 1.14 bits per heavy atom. The van der Waals surface area contributed by atoms with Crippen LogP contribution >= 0.6 is 11.3 Å². The number of thiophene rings is 1. The van der Waals surface area contributed by atoms with Gasteiger partial charge in [-0.2, -0.15) is 0 Å². The number of ether oxygens (including phenoxy) is 1. The number of carbonyl (C=O) groups is 1. The number of aromatic amines is 1. The molecule has 3 heterocycles. The van der Waals surface area contributed by atoms with Crippen molar-refractivity contribution < 1.29 is 9.53 Å². The van der Waals surface area contributed by atoms with Gasteiger partial charge in [-0.05, 0) is 54.2 Å². The molecule has 0 radical (unpaired) electrons. The molecular formula is C33H40N4O4S. The summed E-state index contributed by atoms with van der Waals surface area (Å²) >= 11 is 1.65. The van der Waals surface area contributed by atoms with E-state index in [-0.39, 0.29) is 23.1 Å². The SMILES string of the molecule is CCCC(C)Cn1c(=O)n(CC2CCCCC2)c(=O)c2[nH]c(-c3ccc(/C=C/C(=O)OCCc4cccs4)cc3)nc21. The molecule has 0 aliphatic heterocycles. The van der Waals surface area contributed by atoms with Crippen LogP contribution in [0.5, 0.6) is 0 Å². The van der Waals surface area contributed by atoms with Crippen molar-refractivity contribution in [1.82, 2.24) is 19.1 Å². The van der Waals surface area contributed by atoms with Crippen molar-refractivity contribution in [3.05, 3.63) is 79.1 Å². The summed E-state index contributed by atoms with van der Waals surface area (Å²) in [7, 11) is 0. The number of aromatic nitrogens is 4. The van der Waals surface area contributed by atoms with Gasteiger partial charge in [0, 0.05) is 36.0 Å². The molecule has 1 atom stereocenters. The van der Waals surface area contributed by atoms with E-state index in [4.69, 9.17) is 9.72 Å². The predicted octanol–water partition coefficient (Wildman–Crippen LogP) is 6.43. The minimum Gasteiger partial charge on any atom is -0.462 e. The Labute approximate surface area is 250 Å². The molecule has 0 amide bonds. The molecule has 1 N–H and O–H groups in total. The quantitative estimate of drug-likeness (QED) is 0.152. The summed E-state index contributed by atoms with van der Waals surface area (Å²) < 4.78 is 8.43. The summed E-state index contributed by atoms with van der Waals surface area (Å²) in [5.41, 5.74) is 1.86. The molecule has 9 heteroatoms. The number of nitrogens with one attached hydrogen (secondary N) is 1. The van der Waals surface area contributed by atoms with E-state index in [0.717, 1.165) is 49.7 Å². The summed E-state index contributed by atoms with van der Waals surface area (Å²) in [5.74, 6) is 0.791. The highest BCUT2D eigenvalue weighted by Gasteiger charge is 2.22. The fourth-order valence-corrected chi connectivity index (χ4v) is 6.51. The van der Waals surface area contributed by atoms with Gasteiger partial charge >= 0.3 is 11.7 Å². The maximum atomic E-state index is 13.7. The van der Waals surface area contributed by atoms with Gasteiger partial charge in [0.1, 0.15) is 11.3 Å². The van der Waals surface area contributed by atoms with E-state index in [0.29, 0.717) is 49.0 Å². The molecule has 0 spiro atoms. The van der Waals surface area contributed by atoms with Crippen LogP contribution in [0.1, 0.15) is 69.2 Å². The van der Waals surface area contributed by atoms with Crippen molar-refractivity contribution in [2.45, 2.75) is 78.3 Å². The Balaban J connectivity index is 1.37. The monoisotopic (exact) mass is 588 g/mol. The van der Waals surface area contributed by atoms with Gasteiger partial charge in [0.15, 0.2) is 5.65 Å². The minimum atomic E-state index is -0.382. The van der Waals surface area contributed by atoms with Crippen molar-refractivity contribution in [2.75, 3.05) is 6.61 Å². The molecule has 1 aromatic carbocycles. The number of carbonyl (C=O) groups excluding carboxylic acids is 1. The second kappa shape index (κ2) is 14.0. The van der Waals surface area contributed by atoms with Crippen LogP contribution in [0.4, 0.5) is 0 Å². The number of hydrogen-bond donors (Lipinski definition) is 1. The fourth-order valence-electron chi connectivity index (χ4n) is 5.82. The van der Waals surface area contributed by atoms with E-state index in [2.05, 4.69) is 18.8 Å². The van der Waals surface area contributed by atoms with Crippen LogP contribution in [0.2, 0.25) is 0 Å². The standard InChI is InChI=1S/C33H40N4O4S/c1-3-8-23(2)21-36-31-29(32(39)37(33(36)40)22-25-9-5-4-6-10-25)34-30(35-31)26-15-12-24(13-16-26)14-17-28(38)41-19-18-27-11-7-20-42-27/h7,11-17,20,23,25H,3-6,8-10,18-19,21-22H2,1-2H3,(H,34,35)/b17-14+. The van der Waals surface area contributed by atoms with Gasteiger partial charge in [-0.1, -0.05) is 69.9 Å². The normalized spacial score (nSPS) is 15.0. The first-order valence-electron chi connectivity index (χ1n) is 15.1. The molecule has 1 aliphatic rings. The number of benzene rings is 1. The van der Waals surface area contributed by atoms with E-state index < -0.39 is 0 Å². The smallest absolute Gasteiger partial charge is 0.332 e. The van der Waals surface area contributed by atoms with E-state index in [1.165, 1.54) is 21.9 Å². The third-order valence-corrected chi connectivity index (χ3v) is 9.01. The van der Waals surface area contributed by atoms with Crippen LogP contribution in [0.15, 0.2) is 57.4 Å². The summed E-state index contributed by atoms with van der Waals surface area (Å²) in [4.78, 5) is 48.6. The second-order valence-electron chi connectivity index (χ2n) is 11.4. The van der Waals surface area contributed by atoms with Gasteiger partial charge < -0.3 is 9.72 Å². The van der Waals surface area contributed by atoms with Crippen molar-refractivity contribution in [3.63, 3.8) is 0 Å². The zero-order valence-electron chi connectivity index (χ0n) is 24.5. The Morgan fingerprint density at radius 2 is 1.93 bits per heavy atom. The van der Waals surface area contributed by atoms with Crippen LogP contribution in [0.25, 0.3) is 28.6 Å². The number of imidazole rings is 1. The van der Waals surface area contributed by atoms with Crippen LogP contribution < -0.4 is 11.2 Å². The largest absolute Gasteiger partial charge is 0.462 e. The van der Waals surface area contributed by atoms with E-state index in [1.807, 2.05) is 41.8 Å². The molecule has 222 valence electrons. The van der Waals surface area contributed by atoms with Crippen molar-refractivity contribution in [1.29, 1.82) is 0 Å². The Bertz CT molecular complexity index is 1620. The molecule has 1 unspecified atom stereocenters. The Kier molecular flexibility index (Phi) is 9.89. The average molecular weight is 589 g/mol. The fraction of sp³-hybridized carbons (Fsp3) is 0.455. The Morgan fingerprint density at radius 3 is 2.64 bits per heavy atom. The van der Waals surface area contributed by atoms with E-state index >= 15 is 0 Å². The molecular weight excluding hydrogens is 548 g/mol. The topological polar surface area (TPSA) is 99.0 Å². The minimum absolute atomic E-state index is 0.262. The maximum absolute atomic E-state index is 13.7.